The van der Waals surface area contributed by atoms with Gasteiger partial charge in [-0.25, -0.2) is 9.97 Å². The van der Waals surface area contributed by atoms with Crippen LogP contribution >= 0.6 is 15.9 Å². The molecule has 2 aliphatic rings. The first kappa shape index (κ1) is 13.3. The van der Waals surface area contributed by atoms with Crippen LogP contribution in [0.1, 0.15) is 19.3 Å². The predicted molar refractivity (Wildman–Crippen MR) is 79.1 cm³/mol. The fraction of sp³-hybridized carbons (Fsp3) is 0.692. The second-order valence-corrected chi connectivity index (χ2v) is 6.31. The van der Waals surface area contributed by atoms with E-state index in [2.05, 4.69) is 35.7 Å². The normalized spacial score (nSPS) is 26.0. The van der Waals surface area contributed by atoms with Crippen molar-refractivity contribution >= 4 is 21.7 Å². The van der Waals surface area contributed by atoms with E-state index < -0.39 is 0 Å². The van der Waals surface area contributed by atoms with Gasteiger partial charge in [-0.1, -0.05) is 0 Å². The number of hydrogen-bond donors (Lipinski definition) is 1. The molecule has 3 heterocycles. The molecule has 1 unspecified atom stereocenters. The van der Waals surface area contributed by atoms with Crippen molar-refractivity contribution in [2.75, 3.05) is 31.1 Å². The number of likely N-dealkylation sites (tertiary alicyclic amines) is 1. The Hall–Kier alpha value is -0.720. The van der Waals surface area contributed by atoms with Gasteiger partial charge in [-0.15, -0.1) is 0 Å². The van der Waals surface area contributed by atoms with Crippen molar-refractivity contribution in [2.45, 2.75) is 31.3 Å². The van der Waals surface area contributed by atoms with Gasteiger partial charge in [0.05, 0.1) is 4.47 Å². The number of rotatable bonds is 2. The van der Waals surface area contributed by atoms with Crippen LogP contribution in [0.5, 0.6) is 0 Å². The molecule has 19 heavy (non-hydrogen) atoms. The van der Waals surface area contributed by atoms with Gasteiger partial charge in [-0.3, -0.25) is 4.90 Å². The van der Waals surface area contributed by atoms with Gasteiger partial charge in [-0.05, 0) is 48.3 Å². The van der Waals surface area contributed by atoms with Crippen molar-refractivity contribution < 1.29 is 0 Å². The number of piperidine rings is 1. The summed E-state index contributed by atoms with van der Waals surface area (Å²) in [7, 11) is 0. The Morgan fingerprint density at radius 2 is 2.00 bits per heavy atom. The lowest BCUT2D eigenvalue weighted by atomic mass is 10.0. The third kappa shape index (κ3) is 2.90. The van der Waals surface area contributed by atoms with E-state index in [1.165, 1.54) is 6.42 Å². The SMILES string of the molecule is NC1CCN(C2CCN(c3ncncc3Br)C2)CC1. The van der Waals surface area contributed by atoms with E-state index in [-0.39, 0.29) is 0 Å². The Balaban J connectivity index is 1.63. The number of nitrogens with two attached hydrogens (primary N) is 1. The summed E-state index contributed by atoms with van der Waals surface area (Å²) in [6.07, 6.45) is 6.91. The van der Waals surface area contributed by atoms with Gasteiger partial charge in [0, 0.05) is 31.4 Å². The highest BCUT2D eigenvalue weighted by molar-refractivity contribution is 9.10. The lowest BCUT2D eigenvalue weighted by molar-refractivity contribution is 0.163. The zero-order valence-corrected chi connectivity index (χ0v) is 12.6. The Morgan fingerprint density at radius 3 is 2.74 bits per heavy atom. The van der Waals surface area contributed by atoms with E-state index in [1.54, 1.807) is 6.33 Å². The number of anilines is 1. The van der Waals surface area contributed by atoms with Crippen LogP contribution < -0.4 is 10.6 Å². The Morgan fingerprint density at radius 1 is 1.21 bits per heavy atom. The minimum atomic E-state index is 0.407. The molecule has 1 atom stereocenters. The summed E-state index contributed by atoms with van der Waals surface area (Å²) in [5.74, 6) is 1.02. The number of halogens is 1. The van der Waals surface area contributed by atoms with Gasteiger partial charge < -0.3 is 10.6 Å². The molecule has 0 aromatic carbocycles. The molecule has 2 aliphatic heterocycles. The van der Waals surface area contributed by atoms with Gasteiger partial charge in [0.1, 0.15) is 12.1 Å². The maximum atomic E-state index is 5.97. The summed E-state index contributed by atoms with van der Waals surface area (Å²) in [5, 5.41) is 0. The standard InChI is InChI=1S/C13H20BrN5/c14-12-7-16-9-17-13(12)19-6-3-11(8-19)18-4-1-10(15)2-5-18/h7,9-11H,1-6,8,15H2. The minimum absolute atomic E-state index is 0.407. The summed E-state index contributed by atoms with van der Waals surface area (Å²) in [6.45, 7) is 4.42. The summed E-state index contributed by atoms with van der Waals surface area (Å²) < 4.78 is 0.983. The number of nitrogens with zero attached hydrogens (tertiary/aromatic N) is 4. The molecule has 1 aromatic rings. The molecule has 0 bridgehead atoms. The molecule has 1 aromatic heterocycles. The lowest BCUT2D eigenvalue weighted by Crippen LogP contribution is -2.46. The fourth-order valence-electron chi connectivity index (χ4n) is 3.06. The third-order valence-corrected chi connectivity index (χ3v) is 4.76. The molecule has 104 valence electrons. The Bertz CT molecular complexity index is 433. The summed E-state index contributed by atoms with van der Waals surface area (Å²) in [5.41, 5.74) is 5.97. The van der Waals surface area contributed by atoms with Crippen LogP contribution in [0.25, 0.3) is 0 Å². The van der Waals surface area contributed by atoms with E-state index in [0.29, 0.717) is 12.1 Å². The molecule has 5 nitrogen and oxygen atoms in total. The summed E-state index contributed by atoms with van der Waals surface area (Å²) >= 11 is 3.53. The van der Waals surface area contributed by atoms with E-state index in [4.69, 9.17) is 5.73 Å². The van der Waals surface area contributed by atoms with Gasteiger partial charge in [-0.2, -0.15) is 0 Å². The molecule has 2 N–H and O–H groups in total. The number of aromatic nitrogens is 2. The van der Waals surface area contributed by atoms with Crippen molar-refractivity contribution in [3.8, 4) is 0 Å². The van der Waals surface area contributed by atoms with E-state index >= 15 is 0 Å². The average molecular weight is 326 g/mol. The highest BCUT2D eigenvalue weighted by Crippen LogP contribution is 2.28. The monoisotopic (exact) mass is 325 g/mol. The minimum Gasteiger partial charge on any atom is -0.354 e. The molecule has 0 saturated carbocycles. The first-order chi connectivity index (χ1) is 9.24. The lowest BCUT2D eigenvalue weighted by Gasteiger charge is -2.34. The van der Waals surface area contributed by atoms with Crippen LogP contribution in [0.3, 0.4) is 0 Å². The van der Waals surface area contributed by atoms with Crippen LogP contribution in [0.4, 0.5) is 5.82 Å². The quantitative estimate of drug-likeness (QED) is 0.886. The maximum Gasteiger partial charge on any atom is 0.146 e. The highest BCUT2D eigenvalue weighted by Gasteiger charge is 2.30. The molecule has 3 rings (SSSR count). The van der Waals surface area contributed by atoms with E-state index in [0.717, 1.165) is 49.3 Å². The second kappa shape index (κ2) is 5.73. The van der Waals surface area contributed by atoms with Crippen molar-refractivity contribution in [1.29, 1.82) is 0 Å². The fourth-order valence-corrected chi connectivity index (χ4v) is 3.53. The average Bonchev–Trinajstić information content (AvgIpc) is 2.89. The molecular formula is C13H20BrN5. The molecule has 0 spiro atoms. The van der Waals surface area contributed by atoms with Crippen LogP contribution in [0.2, 0.25) is 0 Å². The van der Waals surface area contributed by atoms with Crippen LogP contribution in [0.15, 0.2) is 17.0 Å². The Labute approximate surface area is 122 Å². The molecule has 2 saturated heterocycles. The zero-order chi connectivity index (χ0) is 13.2. The molecule has 0 radical (unpaired) electrons. The van der Waals surface area contributed by atoms with E-state index in [1.807, 2.05) is 6.20 Å². The topological polar surface area (TPSA) is 58.3 Å². The van der Waals surface area contributed by atoms with Crippen molar-refractivity contribution in [1.82, 2.24) is 14.9 Å². The van der Waals surface area contributed by atoms with Gasteiger partial charge in [0.25, 0.3) is 0 Å². The molecule has 0 amide bonds. The van der Waals surface area contributed by atoms with Gasteiger partial charge in [0.2, 0.25) is 0 Å². The van der Waals surface area contributed by atoms with Crippen LogP contribution in [0, 0.1) is 0 Å². The summed E-state index contributed by atoms with van der Waals surface area (Å²) in [4.78, 5) is 13.4. The molecular weight excluding hydrogens is 306 g/mol. The van der Waals surface area contributed by atoms with Crippen LogP contribution in [-0.4, -0.2) is 53.1 Å². The number of hydrogen-bond acceptors (Lipinski definition) is 5. The van der Waals surface area contributed by atoms with Crippen LogP contribution in [-0.2, 0) is 0 Å². The highest BCUT2D eigenvalue weighted by atomic mass is 79.9. The maximum absolute atomic E-state index is 5.97. The Kier molecular flexibility index (Phi) is 4.00. The molecule has 2 fully saturated rings. The van der Waals surface area contributed by atoms with Crippen molar-refractivity contribution in [3.05, 3.63) is 17.0 Å². The first-order valence-electron chi connectivity index (χ1n) is 6.94. The predicted octanol–water partition coefficient (Wildman–Crippen LogP) is 1.24. The zero-order valence-electron chi connectivity index (χ0n) is 11.0. The van der Waals surface area contributed by atoms with Crippen molar-refractivity contribution in [3.63, 3.8) is 0 Å². The van der Waals surface area contributed by atoms with Gasteiger partial charge in [0.15, 0.2) is 0 Å². The third-order valence-electron chi connectivity index (χ3n) is 4.20. The largest absolute Gasteiger partial charge is 0.354 e. The smallest absolute Gasteiger partial charge is 0.146 e. The molecule has 6 heteroatoms. The molecule has 0 aliphatic carbocycles. The first-order valence-corrected chi connectivity index (χ1v) is 7.73. The second-order valence-electron chi connectivity index (χ2n) is 5.46. The van der Waals surface area contributed by atoms with Crippen molar-refractivity contribution in [2.24, 2.45) is 5.73 Å². The summed E-state index contributed by atoms with van der Waals surface area (Å²) in [6, 6.07) is 1.05. The van der Waals surface area contributed by atoms with Gasteiger partial charge >= 0.3 is 0 Å². The van der Waals surface area contributed by atoms with E-state index in [9.17, 15) is 0 Å².